The third kappa shape index (κ3) is 4.42. The Hall–Kier alpha value is -0.990. The maximum absolute atomic E-state index is 5.58. The van der Waals surface area contributed by atoms with Crippen LogP contribution in [-0.4, -0.2) is 12.4 Å². The summed E-state index contributed by atoms with van der Waals surface area (Å²) in [7, 11) is 0. The smallest absolute Gasteiger partial charge is 0.144 e. The lowest BCUT2D eigenvalue weighted by atomic mass is 9.96. The topological polar surface area (TPSA) is 47.6 Å². The summed E-state index contributed by atoms with van der Waals surface area (Å²) in [6, 6.07) is 0. The third-order valence-corrected chi connectivity index (χ3v) is 1.12. The molecule has 2 N–H and O–H groups in total. The van der Waals surface area contributed by atoms with Crippen molar-refractivity contribution in [3.63, 3.8) is 0 Å². The monoisotopic (exact) mass is 156 g/mol. The molecule has 0 spiro atoms. The quantitative estimate of drug-likeness (QED) is 0.221. The molecule has 0 aromatic rings. The fraction of sp³-hybridized carbons (Fsp3) is 0.625. The van der Waals surface area contributed by atoms with E-state index in [1.54, 1.807) is 6.08 Å². The van der Waals surface area contributed by atoms with E-state index in [-0.39, 0.29) is 5.41 Å². The lowest BCUT2D eigenvalue weighted by molar-refractivity contribution is 0.171. The Bertz CT molecular complexity index is 156. The summed E-state index contributed by atoms with van der Waals surface area (Å²) in [5.41, 5.74) is 5.46. The van der Waals surface area contributed by atoms with Crippen LogP contribution in [0.4, 0.5) is 0 Å². The van der Waals surface area contributed by atoms with E-state index in [1.165, 1.54) is 0 Å². The lowest BCUT2D eigenvalue weighted by Gasteiger charge is -2.15. The average molecular weight is 156 g/mol. The van der Waals surface area contributed by atoms with Gasteiger partial charge < -0.3 is 10.6 Å². The summed E-state index contributed by atoms with van der Waals surface area (Å²) in [5.74, 6) is 0.499. The second-order valence-electron chi connectivity index (χ2n) is 3.31. The summed E-state index contributed by atoms with van der Waals surface area (Å²) >= 11 is 0. The molecule has 0 atom stereocenters. The van der Waals surface area contributed by atoms with Crippen molar-refractivity contribution in [2.75, 3.05) is 6.61 Å². The number of hydrogen-bond donors (Lipinski definition) is 1. The highest BCUT2D eigenvalue weighted by molar-refractivity contribution is 5.84. The average Bonchev–Trinajstić information content (AvgIpc) is 1.86. The number of oxime groups is 1. The van der Waals surface area contributed by atoms with Gasteiger partial charge in [0.25, 0.3) is 0 Å². The Kier molecular flexibility index (Phi) is 3.65. The molecule has 0 saturated carbocycles. The molecule has 0 saturated heterocycles. The molecule has 0 aliphatic rings. The van der Waals surface area contributed by atoms with E-state index >= 15 is 0 Å². The Morgan fingerprint density at radius 1 is 1.64 bits per heavy atom. The minimum Gasteiger partial charge on any atom is -0.390 e. The first-order valence-corrected chi connectivity index (χ1v) is 3.55. The van der Waals surface area contributed by atoms with E-state index in [9.17, 15) is 0 Å². The molecular weight excluding hydrogens is 140 g/mol. The molecule has 0 amide bonds. The van der Waals surface area contributed by atoms with Crippen molar-refractivity contribution >= 4 is 5.84 Å². The van der Waals surface area contributed by atoms with Crippen LogP contribution >= 0.6 is 0 Å². The molecule has 0 heterocycles. The summed E-state index contributed by atoms with van der Waals surface area (Å²) in [6.45, 7) is 9.81. The van der Waals surface area contributed by atoms with Gasteiger partial charge in [-0.3, -0.25) is 0 Å². The van der Waals surface area contributed by atoms with Gasteiger partial charge in [-0.25, -0.2) is 0 Å². The van der Waals surface area contributed by atoms with Gasteiger partial charge in [0.05, 0.1) is 0 Å². The minimum absolute atomic E-state index is 0.124. The fourth-order valence-corrected chi connectivity index (χ4v) is 0.296. The van der Waals surface area contributed by atoms with E-state index in [0.717, 1.165) is 0 Å². The molecule has 0 aromatic carbocycles. The molecule has 0 aromatic heterocycles. The van der Waals surface area contributed by atoms with Gasteiger partial charge in [-0.05, 0) is 0 Å². The van der Waals surface area contributed by atoms with Gasteiger partial charge in [0.1, 0.15) is 12.4 Å². The van der Waals surface area contributed by atoms with Gasteiger partial charge in [-0.1, -0.05) is 38.6 Å². The van der Waals surface area contributed by atoms with Crippen molar-refractivity contribution in [2.24, 2.45) is 16.3 Å². The molecule has 11 heavy (non-hydrogen) atoms. The standard InChI is InChI=1S/C8H16N2O/c1-5-6-11-10-7(9)8(2,3)4/h5H,1,6H2,2-4H3,(H2,9,10). The normalized spacial score (nSPS) is 12.8. The van der Waals surface area contributed by atoms with E-state index in [2.05, 4.69) is 11.7 Å². The first-order valence-electron chi connectivity index (χ1n) is 3.55. The van der Waals surface area contributed by atoms with Crippen LogP contribution in [0.25, 0.3) is 0 Å². The zero-order valence-corrected chi connectivity index (χ0v) is 7.42. The van der Waals surface area contributed by atoms with Gasteiger partial charge in [0, 0.05) is 5.41 Å². The van der Waals surface area contributed by atoms with Crippen LogP contribution in [0.15, 0.2) is 17.8 Å². The Morgan fingerprint density at radius 2 is 2.18 bits per heavy atom. The van der Waals surface area contributed by atoms with Crippen molar-refractivity contribution < 1.29 is 4.84 Å². The number of nitrogens with zero attached hydrogens (tertiary/aromatic N) is 1. The van der Waals surface area contributed by atoms with Crippen LogP contribution in [0.1, 0.15) is 20.8 Å². The molecule has 3 nitrogen and oxygen atoms in total. The van der Waals surface area contributed by atoms with Crippen LogP contribution in [0.3, 0.4) is 0 Å². The van der Waals surface area contributed by atoms with E-state index in [0.29, 0.717) is 12.4 Å². The Balaban J connectivity index is 3.90. The second-order valence-corrected chi connectivity index (χ2v) is 3.31. The largest absolute Gasteiger partial charge is 0.390 e. The van der Waals surface area contributed by atoms with Gasteiger partial charge >= 0.3 is 0 Å². The summed E-state index contributed by atoms with van der Waals surface area (Å²) in [4.78, 5) is 4.82. The molecular formula is C8H16N2O. The summed E-state index contributed by atoms with van der Waals surface area (Å²) in [6.07, 6.45) is 1.62. The van der Waals surface area contributed by atoms with Gasteiger partial charge in [-0.15, -0.1) is 0 Å². The summed E-state index contributed by atoms with van der Waals surface area (Å²) < 4.78 is 0. The van der Waals surface area contributed by atoms with Crippen LogP contribution in [0.2, 0.25) is 0 Å². The summed E-state index contributed by atoms with van der Waals surface area (Å²) in [5, 5.41) is 3.71. The second kappa shape index (κ2) is 4.01. The molecule has 64 valence electrons. The predicted molar refractivity (Wildman–Crippen MR) is 47.2 cm³/mol. The van der Waals surface area contributed by atoms with Crippen LogP contribution in [0, 0.1) is 5.41 Å². The zero-order chi connectivity index (χ0) is 8.91. The Morgan fingerprint density at radius 3 is 2.55 bits per heavy atom. The van der Waals surface area contributed by atoms with E-state index in [1.807, 2.05) is 20.8 Å². The lowest BCUT2D eigenvalue weighted by Crippen LogP contribution is -2.29. The first-order chi connectivity index (χ1) is 4.98. The first kappa shape index (κ1) is 10.0. The molecule has 0 radical (unpaired) electrons. The van der Waals surface area contributed by atoms with Gasteiger partial charge in [0.15, 0.2) is 0 Å². The van der Waals surface area contributed by atoms with Crippen LogP contribution in [-0.2, 0) is 4.84 Å². The van der Waals surface area contributed by atoms with Gasteiger partial charge in [0.2, 0.25) is 0 Å². The van der Waals surface area contributed by atoms with E-state index < -0.39 is 0 Å². The zero-order valence-electron chi connectivity index (χ0n) is 7.42. The highest BCUT2D eigenvalue weighted by atomic mass is 16.6. The SMILES string of the molecule is C=CCO/N=C(\N)C(C)(C)C. The molecule has 0 aliphatic heterocycles. The predicted octanol–water partition coefficient (Wildman–Crippen LogP) is 1.51. The molecule has 0 fully saturated rings. The van der Waals surface area contributed by atoms with Crippen molar-refractivity contribution in [3.05, 3.63) is 12.7 Å². The highest BCUT2D eigenvalue weighted by Crippen LogP contribution is 2.12. The number of amidine groups is 1. The van der Waals surface area contributed by atoms with Gasteiger partial charge in [-0.2, -0.15) is 0 Å². The maximum atomic E-state index is 5.58. The van der Waals surface area contributed by atoms with Crippen molar-refractivity contribution in [3.8, 4) is 0 Å². The maximum Gasteiger partial charge on any atom is 0.144 e. The van der Waals surface area contributed by atoms with Crippen LogP contribution in [0.5, 0.6) is 0 Å². The van der Waals surface area contributed by atoms with Crippen molar-refractivity contribution in [2.45, 2.75) is 20.8 Å². The molecule has 0 aliphatic carbocycles. The minimum atomic E-state index is -0.124. The fourth-order valence-electron chi connectivity index (χ4n) is 0.296. The number of hydrogen-bond acceptors (Lipinski definition) is 2. The van der Waals surface area contributed by atoms with E-state index in [4.69, 9.17) is 10.6 Å². The molecule has 3 heteroatoms. The number of nitrogens with two attached hydrogens (primary N) is 1. The number of rotatable bonds is 3. The van der Waals surface area contributed by atoms with Crippen molar-refractivity contribution in [1.82, 2.24) is 0 Å². The molecule has 0 unspecified atom stereocenters. The van der Waals surface area contributed by atoms with Crippen LogP contribution < -0.4 is 5.73 Å². The molecule has 0 bridgehead atoms. The molecule has 0 rings (SSSR count). The highest BCUT2D eigenvalue weighted by Gasteiger charge is 2.15. The third-order valence-electron chi connectivity index (χ3n) is 1.12. The Labute approximate surface area is 67.9 Å². The van der Waals surface area contributed by atoms with Crippen molar-refractivity contribution in [1.29, 1.82) is 0 Å².